The molecule has 0 heterocycles. The molecule has 3 aromatic carbocycles. The van der Waals surface area contributed by atoms with Gasteiger partial charge in [0.05, 0.1) is 0 Å². The van der Waals surface area contributed by atoms with Gasteiger partial charge in [-0.15, -0.1) is 0 Å². The normalized spacial score (nSPS) is 11.7. The molecule has 0 aliphatic carbocycles. The number of hydrogen-bond donors (Lipinski definition) is 1. The van der Waals surface area contributed by atoms with Gasteiger partial charge in [0.15, 0.2) is 0 Å². The van der Waals surface area contributed by atoms with Gasteiger partial charge in [-0.25, -0.2) is 0 Å². The van der Waals surface area contributed by atoms with Crippen LogP contribution in [0.15, 0.2) is 97.3 Å². The summed E-state index contributed by atoms with van der Waals surface area (Å²) in [5.41, 5.74) is 3.05. The van der Waals surface area contributed by atoms with Crippen LogP contribution in [0.4, 0.5) is 0 Å². The van der Waals surface area contributed by atoms with Crippen molar-refractivity contribution in [2.24, 2.45) is 0 Å². The Morgan fingerprint density at radius 2 is 1.00 bits per heavy atom. The molecule has 0 amide bonds. The molecule has 0 unspecified atom stereocenters. The van der Waals surface area contributed by atoms with Gasteiger partial charge >= 0.3 is 139 Å². The molecule has 3 rings (SSSR count). The molecule has 0 aliphatic rings. The van der Waals surface area contributed by atoms with Crippen molar-refractivity contribution in [3.8, 4) is 0 Å². The van der Waals surface area contributed by atoms with Crippen molar-refractivity contribution in [1.82, 2.24) is 0 Å². The third-order valence-electron chi connectivity index (χ3n) is 3.86. The molecule has 0 saturated carbocycles. The Morgan fingerprint density at radius 3 is 1.30 bits per heavy atom. The predicted molar refractivity (Wildman–Crippen MR) is 106 cm³/mol. The summed E-state index contributed by atoms with van der Waals surface area (Å²) in [5, 5.41) is 13.2. The number of rotatable bonds is 4. The van der Waals surface area contributed by atoms with E-state index in [1.807, 2.05) is 18.2 Å². The quantitative estimate of drug-likeness (QED) is 0.563. The van der Waals surface area contributed by atoms with E-state index in [2.05, 4.69) is 78.2 Å². The Labute approximate surface area is 139 Å². The van der Waals surface area contributed by atoms with Gasteiger partial charge < -0.3 is 0 Å². The maximum atomic E-state index is 9.25. The van der Waals surface area contributed by atoms with E-state index >= 15 is 0 Å². The molecule has 114 valence electrons. The van der Waals surface area contributed by atoms with Gasteiger partial charge in [0.1, 0.15) is 0 Å². The molecule has 0 atom stereocenters. The Bertz CT molecular complexity index is 711. The molecular weight excluding hydrogens is 318 g/mol. The van der Waals surface area contributed by atoms with Crippen LogP contribution in [-0.2, 0) is 0 Å². The summed E-state index contributed by atoms with van der Waals surface area (Å²) in [4.78, 5) is 0. The van der Waals surface area contributed by atoms with Crippen molar-refractivity contribution in [2.75, 3.05) is 0 Å². The van der Waals surface area contributed by atoms with E-state index in [0.717, 1.165) is 14.2 Å². The average Bonchev–Trinajstić information content (AvgIpc) is 2.65. The fourth-order valence-electron chi connectivity index (χ4n) is 2.86. The van der Waals surface area contributed by atoms with Gasteiger partial charge in [0.25, 0.3) is 0 Å². The third kappa shape index (κ3) is 3.14. The van der Waals surface area contributed by atoms with E-state index in [-0.39, 0.29) is 0 Å². The van der Waals surface area contributed by atoms with Crippen molar-refractivity contribution in [1.29, 1.82) is 0 Å². The molecule has 1 nitrogen and oxygen atoms in total. The van der Waals surface area contributed by atoms with E-state index in [4.69, 9.17) is 0 Å². The van der Waals surface area contributed by atoms with Crippen LogP contribution < -0.4 is 15.9 Å². The van der Waals surface area contributed by atoms with Crippen LogP contribution in [0.2, 0.25) is 0 Å². The Morgan fingerprint density at radius 1 is 0.652 bits per heavy atom. The number of aliphatic hydroxyl groups excluding tert-OH is 1. The fourth-order valence-corrected chi connectivity index (χ4v) is 9.78. The first-order chi connectivity index (χ1) is 11.4. The molecule has 0 spiro atoms. The van der Waals surface area contributed by atoms with Crippen molar-refractivity contribution in [2.45, 2.75) is 0 Å². The standard InChI is InChI=1S/C20H18OP2/c21-16-17-22-23(18-10-4-1-5-11-18,19-12-6-2-7-13-19)20-14-8-3-9-15-20/h1-16,21,23H. The molecule has 3 heteroatoms. The van der Waals surface area contributed by atoms with Crippen molar-refractivity contribution in [3.05, 3.63) is 97.3 Å². The SMILES string of the molecule is OC=C=P[PH](c1ccccc1)(c1ccccc1)c1ccccc1. The van der Waals surface area contributed by atoms with Crippen LogP contribution in [0.5, 0.6) is 0 Å². The molecule has 0 aliphatic heterocycles. The molecule has 0 bridgehead atoms. The summed E-state index contributed by atoms with van der Waals surface area (Å²) in [6, 6.07) is 31.8. The predicted octanol–water partition coefficient (Wildman–Crippen LogP) is 4.05. The second-order valence-electron chi connectivity index (χ2n) is 5.18. The van der Waals surface area contributed by atoms with Gasteiger partial charge in [0, 0.05) is 0 Å². The van der Waals surface area contributed by atoms with Crippen molar-refractivity contribution >= 4 is 36.2 Å². The fraction of sp³-hybridized carbons (Fsp3) is 0. The topological polar surface area (TPSA) is 20.2 Å². The zero-order valence-corrected chi connectivity index (χ0v) is 14.5. The second-order valence-corrected chi connectivity index (χ2v) is 11.5. The summed E-state index contributed by atoms with van der Waals surface area (Å²) in [6.45, 7) is -2.27. The molecule has 3 aromatic rings. The number of benzene rings is 3. The minimum atomic E-state index is -2.27. The van der Waals surface area contributed by atoms with E-state index in [1.165, 1.54) is 15.9 Å². The van der Waals surface area contributed by atoms with Crippen LogP contribution in [0, 0.1) is 0 Å². The maximum absolute atomic E-state index is 9.25. The van der Waals surface area contributed by atoms with Crippen molar-refractivity contribution in [3.63, 3.8) is 0 Å². The van der Waals surface area contributed by atoms with Gasteiger partial charge in [-0.2, -0.15) is 0 Å². The summed E-state index contributed by atoms with van der Waals surface area (Å²) >= 11 is 0. The van der Waals surface area contributed by atoms with Crippen LogP contribution in [0.1, 0.15) is 0 Å². The molecule has 0 aromatic heterocycles. The number of hydrogen-bond acceptors (Lipinski definition) is 1. The molecule has 0 saturated heterocycles. The van der Waals surface area contributed by atoms with E-state index in [0.29, 0.717) is 0 Å². The first-order valence-corrected chi connectivity index (χ1v) is 11.2. The van der Waals surface area contributed by atoms with Crippen LogP contribution >= 0.6 is 14.8 Å². The van der Waals surface area contributed by atoms with Crippen LogP contribution in [0.25, 0.3) is 0 Å². The first kappa shape index (κ1) is 15.7. The van der Waals surface area contributed by atoms with Gasteiger partial charge in [-0.1, -0.05) is 0 Å². The summed E-state index contributed by atoms with van der Waals surface area (Å²) in [5.74, 6) is 0. The summed E-state index contributed by atoms with van der Waals surface area (Å²) in [6.07, 6.45) is 1.04. The molecule has 23 heavy (non-hydrogen) atoms. The zero-order chi connectivity index (χ0) is 16.0. The summed E-state index contributed by atoms with van der Waals surface area (Å²) in [7, 11) is 1.01. The van der Waals surface area contributed by atoms with E-state index in [9.17, 15) is 5.11 Å². The molecule has 1 N–H and O–H groups in total. The first-order valence-electron chi connectivity index (χ1n) is 7.48. The van der Waals surface area contributed by atoms with Gasteiger partial charge in [-0.3, -0.25) is 0 Å². The monoisotopic (exact) mass is 336 g/mol. The molecule has 0 fully saturated rings. The number of aliphatic hydroxyl groups is 1. The third-order valence-corrected chi connectivity index (χ3v) is 11.7. The van der Waals surface area contributed by atoms with E-state index in [1.54, 1.807) is 0 Å². The van der Waals surface area contributed by atoms with E-state index < -0.39 is 6.95 Å². The minimum absolute atomic E-state index is 1.01. The Kier molecular flexibility index (Phi) is 5.06. The van der Waals surface area contributed by atoms with Crippen molar-refractivity contribution < 1.29 is 5.11 Å². The van der Waals surface area contributed by atoms with Gasteiger partial charge in [0.2, 0.25) is 0 Å². The Hall–Kier alpha value is -2.16. The molecular formula is C20H18OP2. The second kappa shape index (κ2) is 7.40. The van der Waals surface area contributed by atoms with Crippen LogP contribution in [0.3, 0.4) is 0 Å². The summed E-state index contributed by atoms with van der Waals surface area (Å²) < 4.78 is 0. The zero-order valence-electron chi connectivity index (χ0n) is 12.6. The van der Waals surface area contributed by atoms with Gasteiger partial charge in [-0.05, 0) is 0 Å². The Balaban J connectivity index is 2.37. The average molecular weight is 336 g/mol. The molecule has 0 radical (unpaired) electrons. The van der Waals surface area contributed by atoms with Crippen LogP contribution in [-0.4, -0.2) is 10.6 Å².